The molecule has 404 valence electrons. The van der Waals surface area contributed by atoms with Crippen molar-refractivity contribution in [1.82, 2.24) is 0 Å². The number of benzene rings is 14. The predicted molar refractivity (Wildman–Crippen MR) is 371 cm³/mol. The summed E-state index contributed by atoms with van der Waals surface area (Å²) in [6.45, 7) is 0. The van der Waals surface area contributed by atoms with Gasteiger partial charge in [0.05, 0.1) is 0 Å². The van der Waals surface area contributed by atoms with Crippen molar-refractivity contribution in [2.45, 2.75) is 34.5 Å². The molecular formula is C80H66Ge2N2. The molecule has 4 heteroatoms. The molecule has 0 radical (unpaired) electrons. The first-order chi connectivity index (χ1) is 41.0. The van der Waals surface area contributed by atoms with E-state index in [0.29, 0.717) is 0 Å². The molecule has 0 aliphatic heterocycles. The summed E-state index contributed by atoms with van der Waals surface area (Å²) in [6.07, 6.45) is 0. The summed E-state index contributed by atoms with van der Waals surface area (Å²) in [5.74, 6) is 14.7. The second kappa shape index (κ2) is 21.7. The zero-order valence-corrected chi connectivity index (χ0v) is 52.8. The minimum absolute atomic E-state index is 1.13. The van der Waals surface area contributed by atoms with E-state index in [4.69, 9.17) is 0 Å². The first kappa shape index (κ1) is 53.1. The molecule has 0 amide bonds. The molecule has 0 saturated heterocycles. The third kappa shape index (κ3) is 9.58. The minimum atomic E-state index is -2.00. The first-order valence-electron chi connectivity index (χ1n) is 29.5. The Morgan fingerprint density at radius 1 is 0.190 bits per heavy atom. The van der Waals surface area contributed by atoms with Crippen molar-refractivity contribution in [3.05, 3.63) is 291 Å². The number of rotatable bonds is 12. The maximum absolute atomic E-state index is 2.46. The molecule has 0 aromatic heterocycles. The molecule has 0 unspecified atom stereocenters. The van der Waals surface area contributed by atoms with Gasteiger partial charge in [0, 0.05) is 0 Å². The molecular weight excluding hydrogens is 1130 g/mol. The van der Waals surface area contributed by atoms with Gasteiger partial charge in [-0.05, 0) is 33.0 Å². The van der Waals surface area contributed by atoms with Crippen molar-refractivity contribution in [3.63, 3.8) is 0 Å². The van der Waals surface area contributed by atoms with Gasteiger partial charge in [-0.1, -0.05) is 109 Å². The zero-order chi connectivity index (χ0) is 57.1. The number of fused-ring (bicyclic) bond motifs is 5. The van der Waals surface area contributed by atoms with Crippen LogP contribution in [0.3, 0.4) is 0 Å². The molecule has 0 spiro atoms. The molecule has 0 fully saturated rings. The third-order valence-corrected chi connectivity index (χ3v) is 25.8. The number of anilines is 6. The second-order valence-electron chi connectivity index (χ2n) is 24.4. The van der Waals surface area contributed by atoms with Gasteiger partial charge in [0.2, 0.25) is 0 Å². The summed E-state index contributed by atoms with van der Waals surface area (Å²) >= 11 is -4.01. The molecule has 0 heterocycles. The Labute approximate surface area is 499 Å². The average molecular weight is 1200 g/mol. The normalized spacial score (nSPS) is 11.9. The molecule has 0 bridgehead atoms. The van der Waals surface area contributed by atoms with E-state index in [0.717, 1.165) is 34.1 Å². The quantitative estimate of drug-likeness (QED) is 0.0889. The van der Waals surface area contributed by atoms with E-state index in [-0.39, 0.29) is 0 Å². The SMILES string of the molecule is [CH3][Ge]([CH3])([CH3])[c]1ccc(N(c2ccccc2)c2ccc(-c3c4ccccc4c(-c4cccc5c(-c6c7ccccc7c(-c7ccc(N(c8ccccc8)c8cc[c]([Ge]([CH3])([CH3])[CH3])cc8)cc7)c7ccccc67)cccc45)c4ccccc34)cc2)cc1. The van der Waals surface area contributed by atoms with Crippen molar-refractivity contribution in [2.75, 3.05) is 9.80 Å². The van der Waals surface area contributed by atoms with Crippen LogP contribution >= 0.6 is 0 Å². The monoisotopic (exact) mass is 1200 g/mol. The van der Waals surface area contributed by atoms with Crippen molar-refractivity contribution < 1.29 is 0 Å². The fourth-order valence-electron chi connectivity index (χ4n) is 13.0. The van der Waals surface area contributed by atoms with Gasteiger partial charge in [0.1, 0.15) is 0 Å². The summed E-state index contributed by atoms with van der Waals surface area (Å²) in [4.78, 5) is 4.76. The van der Waals surface area contributed by atoms with Crippen molar-refractivity contribution in [1.29, 1.82) is 0 Å². The van der Waals surface area contributed by atoms with Gasteiger partial charge < -0.3 is 0 Å². The molecule has 14 aromatic carbocycles. The molecule has 0 N–H and O–H groups in total. The van der Waals surface area contributed by atoms with E-state index < -0.39 is 26.5 Å². The van der Waals surface area contributed by atoms with Crippen LogP contribution in [0.1, 0.15) is 0 Å². The Hall–Kier alpha value is -8.93. The van der Waals surface area contributed by atoms with E-state index >= 15 is 0 Å². The topological polar surface area (TPSA) is 6.48 Å². The maximum atomic E-state index is 2.46. The van der Waals surface area contributed by atoms with Gasteiger partial charge in [-0.2, -0.15) is 0 Å². The molecule has 2 nitrogen and oxygen atoms in total. The summed E-state index contributed by atoms with van der Waals surface area (Å²) < 4.78 is 3.01. The molecule has 0 aliphatic carbocycles. The van der Waals surface area contributed by atoms with Crippen molar-refractivity contribution in [2.24, 2.45) is 0 Å². The summed E-state index contributed by atoms with van der Waals surface area (Å²) in [5.41, 5.74) is 16.7. The van der Waals surface area contributed by atoms with Gasteiger partial charge in [-0.15, -0.1) is 0 Å². The van der Waals surface area contributed by atoms with Crippen LogP contribution in [-0.4, -0.2) is 26.5 Å². The molecule has 0 aliphatic rings. The summed E-state index contributed by atoms with van der Waals surface area (Å²) in [5, 5.41) is 12.4. The fraction of sp³-hybridized carbons (Fsp3) is 0.0750. The second-order valence-corrected chi connectivity index (χ2v) is 45.7. The van der Waals surface area contributed by atoms with Crippen LogP contribution in [0.5, 0.6) is 0 Å². The van der Waals surface area contributed by atoms with Crippen LogP contribution in [0.4, 0.5) is 34.1 Å². The standard InChI is InChI=1S/C80H66Ge2N2/c1-81(2,3)57-43-51-63(52-44-57)83(59-23-9-7-10-24-59)61-47-39-55(40-48-61)77-69-27-13-17-31-73(69)79(74-32-18-14-28-70(74)77)67-37-21-36-66-65(67)35-22-38-68(66)80-75-33-19-15-29-71(75)78(72-30-16-20-34-76(72)80)56-41-49-62(50-42-56)84(60-25-11-8-12-26-60)64-53-45-58(46-54-64)82(4,5)6/h7-54H,1-6H3. The summed E-state index contributed by atoms with van der Waals surface area (Å²) in [6, 6.07) is 109. The van der Waals surface area contributed by atoms with Crippen LogP contribution in [-0.2, 0) is 0 Å². The Bertz CT molecular complexity index is 4330. The van der Waals surface area contributed by atoms with E-state index in [2.05, 4.69) is 336 Å². The van der Waals surface area contributed by atoms with E-state index in [1.54, 1.807) is 0 Å². The predicted octanol–water partition coefficient (Wildman–Crippen LogP) is 22.2. The van der Waals surface area contributed by atoms with Gasteiger partial charge in [0.25, 0.3) is 0 Å². The van der Waals surface area contributed by atoms with E-state index in [9.17, 15) is 0 Å². The number of hydrogen-bond donors (Lipinski definition) is 0. The van der Waals surface area contributed by atoms with Crippen molar-refractivity contribution in [3.8, 4) is 44.5 Å². The third-order valence-electron chi connectivity index (χ3n) is 17.2. The van der Waals surface area contributed by atoms with Gasteiger partial charge in [-0.3, -0.25) is 0 Å². The summed E-state index contributed by atoms with van der Waals surface area (Å²) in [7, 11) is 0. The number of para-hydroxylation sites is 2. The van der Waals surface area contributed by atoms with Crippen LogP contribution in [0.2, 0.25) is 34.5 Å². The van der Waals surface area contributed by atoms with Crippen LogP contribution in [0.25, 0.3) is 98.4 Å². The molecule has 0 atom stereocenters. The fourth-order valence-corrected chi connectivity index (χ4v) is 17.9. The Morgan fingerprint density at radius 2 is 0.417 bits per heavy atom. The number of nitrogens with zero attached hydrogens (tertiary/aromatic N) is 2. The van der Waals surface area contributed by atoms with Gasteiger partial charge in [0.15, 0.2) is 0 Å². The average Bonchev–Trinajstić information content (AvgIpc) is 1.27. The zero-order valence-electron chi connectivity index (χ0n) is 48.6. The van der Waals surface area contributed by atoms with Crippen LogP contribution in [0, 0.1) is 0 Å². The Morgan fingerprint density at radius 3 is 0.690 bits per heavy atom. The molecule has 14 aromatic rings. The van der Waals surface area contributed by atoms with E-state index in [1.807, 2.05) is 0 Å². The molecule has 84 heavy (non-hydrogen) atoms. The van der Waals surface area contributed by atoms with Crippen molar-refractivity contribution >= 4 is 123 Å². The molecule has 14 rings (SSSR count). The van der Waals surface area contributed by atoms with Crippen LogP contribution in [0.15, 0.2) is 291 Å². The Balaban J connectivity index is 0.886. The molecule has 0 saturated carbocycles. The van der Waals surface area contributed by atoms with Gasteiger partial charge in [-0.25, -0.2) is 0 Å². The Kier molecular flexibility index (Phi) is 13.7. The van der Waals surface area contributed by atoms with E-state index in [1.165, 1.54) is 107 Å². The van der Waals surface area contributed by atoms with Gasteiger partial charge >= 0.3 is 361 Å². The first-order valence-corrected chi connectivity index (χ1v) is 44.2. The number of hydrogen-bond acceptors (Lipinski definition) is 2. The van der Waals surface area contributed by atoms with Crippen LogP contribution < -0.4 is 18.6 Å².